The third kappa shape index (κ3) is 1.25. The van der Waals surface area contributed by atoms with Crippen LogP contribution in [0.5, 0.6) is 0 Å². The standard InChI is InChI=1S/C10H10N2O2/c11-9-5-1-4-8-7(9)3-2-6-10(8)12(13)14/h2-3,5-6H,1,4,11H2. The number of nitro groups is 1. The molecule has 72 valence electrons. The van der Waals surface area contributed by atoms with E-state index in [0.717, 1.165) is 17.5 Å². The highest BCUT2D eigenvalue weighted by atomic mass is 16.6. The second-order valence-electron chi connectivity index (χ2n) is 3.26. The predicted octanol–water partition coefficient (Wildman–Crippen LogP) is 1.84. The van der Waals surface area contributed by atoms with Crippen molar-refractivity contribution in [2.24, 2.45) is 5.73 Å². The summed E-state index contributed by atoms with van der Waals surface area (Å²) in [7, 11) is 0. The van der Waals surface area contributed by atoms with Gasteiger partial charge in [0.25, 0.3) is 5.69 Å². The van der Waals surface area contributed by atoms with Gasteiger partial charge in [0.2, 0.25) is 0 Å². The molecule has 0 saturated heterocycles. The van der Waals surface area contributed by atoms with Crippen molar-refractivity contribution in [3.8, 4) is 0 Å². The Kier molecular flexibility index (Phi) is 1.96. The van der Waals surface area contributed by atoms with Crippen molar-refractivity contribution in [2.45, 2.75) is 12.8 Å². The largest absolute Gasteiger partial charge is 0.398 e. The second-order valence-corrected chi connectivity index (χ2v) is 3.26. The molecule has 0 atom stereocenters. The summed E-state index contributed by atoms with van der Waals surface area (Å²) in [5.74, 6) is 0. The van der Waals surface area contributed by atoms with Crippen molar-refractivity contribution in [1.82, 2.24) is 0 Å². The molecule has 4 nitrogen and oxygen atoms in total. The summed E-state index contributed by atoms with van der Waals surface area (Å²) >= 11 is 0. The maximum atomic E-state index is 10.7. The summed E-state index contributed by atoms with van der Waals surface area (Å²) < 4.78 is 0. The third-order valence-electron chi connectivity index (χ3n) is 2.42. The maximum Gasteiger partial charge on any atom is 0.273 e. The quantitative estimate of drug-likeness (QED) is 0.542. The molecule has 0 radical (unpaired) electrons. The van der Waals surface area contributed by atoms with Crippen LogP contribution in [-0.2, 0) is 6.42 Å². The number of nitrogens with two attached hydrogens (primary N) is 1. The van der Waals surface area contributed by atoms with E-state index in [1.807, 2.05) is 12.1 Å². The number of nitro benzene ring substituents is 1. The van der Waals surface area contributed by atoms with Crippen LogP contribution in [0.3, 0.4) is 0 Å². The Morgan fingerprint density at radius 1 is 1.43 bits per heavy atom. The van der Waals surface area contributed by atoms with Gasteiger partial charge in [0.1, 0.15) is 0 Å². The number of hydrogen-bond acceptors (Lipinski definition) is 3. The van der Waals surface area contributed by atoms with E-state index in [9.17, 15) is 10.1 Å². The van der Waals surface area contributed by atoms with E-state index in [-0.39, 0.29) is 10.6 Å². The molecule has 2 N–H and O–H groups in total. The zero-order chi connectivity index (χ0) is 10.1. The molecule has 1 aliphatic rings. The van der Waals surface area contributed by atoms with Gasteiger partial charge in [-0.1, -0.05) is 18.2 Å². The minimum absolute atomic E-state index is 0.179. The number of benzene rings is 1. The van der Waals surface area contributed by atoms with Crippen LogP contribution in [0, 0.1) is 10.1 Å². The molecule has 1 aromatic carbocycles. The summed E-state index contributed by atoms with van der Waals surface area (Å²) in [5.41, 5.74) is 8.15. The van der Waals surface area contributed by atoms with Gasteiger partial charge in [0.05, 0.1) is 4.92 Å². The lowest BCUT2D eigenvalue weighted by atomic mass is 9.93. The predicted molar refractivity (Wildman–Crippen MR) is 53.6 cm³/mol. The van der Waals surface area contributed by atoms with Crippen LogP contribution in [0.4, 0.5) is 5.69 Å². The van der Waals surface area contributed by atoms with Crippen molar-refractivity contribution >= 4 is 11.4 Å². The number of hydrogen-bond donors (Lipinski definition) is 1. The van der Waals surface area contributed by atoms with Crippen molar-refractivity contribution < 1.29 is 4.92 Å². The lowest BCUT2D eigenvalue weighted by molar-refractivity contribution is -0.385. The molecule has 0 fully saturated rings. The highest BCUT2D eigenvalue weighted by Crippen LogP contribution is 2.30. The fourth-order valence-electron chi connectivity index (χ4n) is 1.76. The number of rotatable bonds is 1. The SMILES string of the molecule is NC1=CCCc2c1cccc2[N+](=O)[O-]. The lowest BCUT2D eigenvalue weighted by Crippen LogP contribution is -2.08. The van der Waals surface area contributed by atoms with Gasteiger partial charge in [-0.3, -0.25) is 10.1 Å². The molecule has 1 aromatic rings. The molecule has 0 unspecified atom stereocenters. The first-order valence-electron chi connectivity index (χ1n) is 4.42. The third-order valence-corrected chi connectivity index (χ3v) is 2.42. The van der Waals surface area contributed by atoms with Gasteiger partial charge in [-0.2, -0.15) is 0 Å². The molecule has 0 bridgehead atoms. The first-order chi connectivity index (χ1) is 6.70. The molecule has 0 aromatic heterocycles. The van der Waals surface area contributed by atoms with Crippen LogP contribution in [0.25, 0.3) is 5.70 Å². The van der Waals surface area contributed by atoms with E-state index in [1.165, 1.54) is 6.07 Å². The summed E-state index contributed by atoms with van der Waals surface area (Å²) in [4.78, 5) is 10.4. The number of nitrogens with zero attached hydrogens (tertiary/aromatic N) is 1. The Morgan fingerprint density at radius 2 is 2.21 bits per heavy atom. The van der Waals surface area contributed by atoms with E-state index in [2.05, 4.69) is 0 Å². The monoisotopic (exact) mass is 190 g/mol. The van der Waals surface area contributed by atoms with Gasteiger partial charge in [0.15, 0.2) is 0 Å². The molecule has 0 amide bonds. The molecule has 4 heteroatoms. The molecule has 0 spiro atoms. The van der Waals surface area contributed by atoms with Crippen molar-refractivity contribution in [1.29, 1.82) is 0 Å². The van der Waals surface area contributed by atoms with E-state index in [1.54, 1.807) is 6.07 Å². The highest BCUT2D eigenvalue weighted by Gasteiger charge is 2.19. The Labute approximate surface area is 81.2 Å². The molecule has 0 aliphatic heterocycles. The van der Waals surface area contributed by atoms with Gasteiger partial charge in [-0.25, -0.2) is 0 Å². The van der Waals surface area contributed by atoms with Crippen LogP contribution in [0.1, 0.15) is 17.5 Å². The van der Waals surface area contributed by atoms with Crippen LogP contribution >= 0.6 is 0 Å². The summed E-state index contributed by atoms with van der Waals surface area (Å²) in [6.07, 6.45) is 3.39. The normalized spacial score (nSPS) is 14.4. The molecular formula is C10H10N2O2. The van der Waals surface area contributed by atoms with Gasteiger partial charge >= 0.3 is 0 Å². The smallest absolute Gasteiger partial charge is 0.273 e. The van der Waals surface area contributed by atoms with Crippen LogP contribution in [-0.4, -0.2) is 4.92 Å². The first kappa shape index (κ1) is 8.74. The van der Waals surface area contributed by atoms with Crippen molar-refractivity contribution in [3.63, 3.8) is 0 Å². The molecular weight excluding hydrogens is 180 g/mol. The minimum Gasteiger partial charge on any atom is -0.398 e. The van der Waals surface area contributed by atoms with E-state index < -0.39 is 0 Å². The fourth-order valence-corrected chi connectivity index (χ4v) is 1.76. The Hall–Kier alpha value is -1.84. The van der Waals surface area contributed by atoms with E-state index in [0.29, 0.717) is 12.1 Å². The number of fused-ring (bicyclic) bond motifs is 1. The molecule has 14 heavy (non-hydrogen) atoms. The van der Waals surface area contributed by atoms with Crippen molar-refractivity contribution in [2.75, 3.05) is 0 Å². The Balaban J connectivity index is 2.63. The molecule has 2 rings (SSSR count). The topological polar surface area (TPSA) is 69.2 Å². The van der Waals surface area contributed by atoms with Gasteiger partial charge in [-0.05, 0) is 12.8 Å². The molecule has 1 aliphatic carbocycles. The van der Waals surface area contributed by atoms with Crippen molar-refractivity contribution in [3.05, 3.63) is 45.5 Å². The molecule has 0 heterocycles. The molecule has 0 saturated carbocycles. The fraction of sp³-hybridized carbons (Fsp3) is 0.200. The summed E-state index contributed by atoms with van der Waals surface area (Å²) in [6.45, 7) is 0. The Bertz CT molecular complexity index is 424. The highest BCUT2D eigenvalue weighted by molar-refractivity contribution is 5.71. The first-order valence-corrected chi connectivity index (χ1v) is 4.42. The zero-order valence-electron chi connectivity index (χ0n) is 7.56. The van der Waals surface area contributed by atoms with E-state index >= 15 is 0 Å². The van der Waals surface area contributed by atoms with Crippen LogP contribution < -0.4 is 5.73 Å². The van der Waals surface area contributed by atoms with Gasteiger partial charge < -0.3 is 5.73 Å². The maximum absolute atomic E-state index is 10.7. The average Bonchev–Trinajstić information content (AvgIpc) is 2.17. The average molecular weight is 190 g/mol. The van der Waals surface area contributed by atoms with Crippen LogP contribution in [0.15, 0.2) is 24.3 Å². The minimum atomic E-state index is -0.350. The van der Waals surface area contributed by atoms with Gasteiger partial charge in [-0.15, -0.1) is 0 Å². The van der Waals surface area contributed by atoms with E-state index in [4.69, 9.17) is 5.73 Å². The summed E-state index contributed by atoms with van der Waals surface area (Å²) in [5, 5.41) is 10.7. The second kappa shape index (κ2) is 3.14. The number of allylic oxidation sites excluding steroid dienone is 1. The lowest BCUT2D eigenvalue weighted by Gasteiger charge is -2.13. The van der Waals surface area contributed by atoms with Gasteiger partial charge in [0, 0.05) is 22.9 Å². The zero-order valence-corrected chi connectivity index (χ0v) is 7.56. The Morgan fingerprint density at radius 3 is 2.93 bits per heavy atom. The van der Waals surface area contributed by atoms with Crippen LogP contribution in [0.2, 0.25) is 0 Å². The summed E-state index contributed by atoms with van der Waals surface area (Å²) in [6, 6.07) is 5.02.